The molecule has 122 valence electrons. The van der Waals surface area contributed by atoms with Gasteiger partial charge in [-0.15, -0.1) is 0 Å². The second-order valence-electron chi connectivity index (χ2n) is 4.53. The SMILES string of the molecule is COc1cc(C(=O)Nc2cc(Cl)cc(Cl)c2)cc(OC)c1OC. The molecule has 0 spiro atoms. The lowest BCUT2D eigenvalue weighted by Crippen LogP contribution is -2.12. The molecular weight excluding hydrogens is 341 g/mol. The van der Waals surface area contributed by atoms with Gasteiger partial charge < -0.3 is 19.5 Å². The lowest BCUT2D eigenvalue weighted by atomic mass is 10.1. The lowest BCUT2D eigenvalue weighted by Gasteiger charge is -2.14. The van der Waals surface area contributed by atoms with E-state index in [2.05, 4.69) is 5.32 Å². The Hall–Kier alpha value is -2.11. The zero-order chi connectivity index (χ0) is 17.0. The molecule has 0 unspecified atom stereocenters. The summed E-state index contributed by atoms with van der Waals surface area (Å²) in [5, 5.41) is 3.58. The van der Waals surface area contributed by atoms with E-state index in [-0.39, 0.29) is 5.91 Å². The van der Waals surface area contributed by atoms with E-state index in [1.807, 2.05) is 0 Å². The minimum absolute atomic E-state index is 0.343. The van der Waals surface area contributed by atoms with Gasteiger partial charge in [0.15, 0.2) is 11.5 Å². The standard InChI is InChI=1S/C16H15Cl2NO4/c1-21-13-4-9(5-14(22-2)15(13)23-3)16(20)19-12-7-10(17)6-11(18)8-12/h4-8H,1-3H3,(H,19,20). The van der Waals surface area contributed by atoms with Crippen molar-refractivity contribution >= 4 is 34.8 Å². The van der Waals surface area contributed by atoms with Gasteiger partial charge in [-0.25, -0.2) is 0 Å². The molecule has 0 saturated heterocycles. The number of carbonyl (C=O) groups excluding carboxylic acids is 1. The fraction of sp³-hybridized carbons (Fsp3) is 0.188. The number of benzene rings is 2. The Bertz CT molecular complexity index is 689. The van der Waals surface area contributed by atoms with E-state index in [0.29, 0.717) is 38.5 Å². The molecule has 1 N–H and O–H groups in total. The number of hydrogen-bond acceptors (Lipinski definition) is 4. The molecule has 2 aromatic carbocycles. The van der Waals surface area contributed by atoms with Crippen LogP contribution in [0.3, 0.4) is 0 Å². The summed E-state index contributed by atoms with van der Waals surface area (Å²) in [5.74, 6) is 0.835. The van der Waals surface area contributed by atoms with Crippen molar-refractivity contribution in [2.45, 2.75) is 0 Å². The van der Waals surface area contributed by atoms with Crippen molar-refractivity contribution in [3.05, 3.63) is 45.9 Å². The zero-order valence-electron chi connectivity index (χ0n) is 12.8. The Morgan fingerprint density at radius 1 is 0.870 bits per heavy atom. The molecule has 23 heavy (non-hydrogen) atoms. The van der Waals surface area contributed by atoms with Crippen LogP contribution in [0.15, 0.2) is 30.3 Å². The van der Waals surface area contributed by atoms with Crippen molar-refractivity contribution in [3.63, 3.8) is 0 Å². The molecular formula is C16H15Cl2NO4. The van der Waals surface area contributed by atoms with Crippen LogP contribution in [0, 0.1) is 0 Å². The first kappa shape index (κ1) is 17.2. The van der Waals surface area contributed by atoms with Crippen LogP contribution in [-0.4, -0.2) is 27.2 Å². The van der Waals surface area contributed by atoms with Crippen molar-refractivity contribution in [1.29, 1.82) is 0 Å². The van der Waals surface area contributed by atoms with Gasteiger partial charge in [0.05, 0.1) is 21.3 Å². The van der Waals surface area contributed by atoms with Crippen molar-refractivity contribution < 1.29 is 19.0 Å². The Morgan fingerprint density at radius 3 is 1.83 bits per heavy atom. The number of hydrogen-bond donors (Lipinski definition) is 1. The Labute approximate surface area is 144 Å². The lowest BCUT2D eigenvalue weighted by molar-refractivity contribution is 0.102. The van der Waals surface area contributed by atoms with Gasteiger partial charge in [0.25, 0.3) is 5.91 Å². The quantitative estimate of drug-likeness (QED) is 0.869. The van der Waals surface area contributed by atoms with Crippen LogP contribution in [0.1, 0.15) is 10.4 Å². The summed E-state index contributed by atoms with van der Waals surface area (Å²) < 4.78 is 15.7. The second-order valence-corrected chi connectivity index (χ2v) is 5.40. The first-order valence-corrected chi connectivity index (χ1v) is 7.31. The fourth-order valence-corrected chi connectivity index (χ4v) is 2.57. The van der Waals surface area contributed by atoms with Crippen LogP contribution in [0.4, 0.5) is 5.69 Å². The molecule has 0 aliphatic carbocycles. The molecule has 2 aromatic rings. The van der Waals surface area contributed by atoms with Crippen LogP contribution >= 0.6 is 23.2 Å². The summed E-state index contributed by atoms with van der Waals surface area (Å²) in [6.07, 6.45) is 0. The van der Waals surface area contributed by atoms with Crippen LogP contribution in [0.5, 0.6) is 17.2 Å². The van der Waals surface area contributed by atoms with Gasteiger partial charge >= 0.3 is 0 Å². The summed E-state index contributed by atoms with van der Waals surface area (Å²) in [5.41, 5.74) is 0.830. The predicted octanol–water partition coefficient (Wildman–Crippen LogP) is 4.27. The molecule has 0 fully saturated rings. The molecule has 0 radical (unpaired) electrons. The topological polar surface area (TPSA) is 56.8 Å². The summed E-state index contributed by atoms with van der Waals surface area (Å²) in [6.45, 7) is 0. The highest BCUT2D eigenvalue weighted by molar-refractivity contribution is 6.35. The maximum Gasteiger partial charge on any atom is 0.255 e. The van der Waals surface area contributed by atoms with Crippen LogP contribution in [-0.2, 0) is 0 Å². The number of amides is 1. The molecule has 0 aromatic heterocycles. The van der Waals surface area contributed by atoms with E-state index in [1.165, 1.54) is 21.3 Å². The number of carbonyl (C=O) groups is 1. The fourth-order valence-electron chi connectivity index (χ4n) is 2.04. The summed E-state index contributed by atoms with van der Waals surface area (Å²) >= 11 is 11.8. The zero-order valence-corrected chi connectivity index (χ0v) is 14.3. The van der Waals surface area contributed by atoms with Crippen LogP contribution in [0.25, 0.3) is 0 Å². The summed E-state index contributed by atoms with van der Waals surface area (Å²) in [6, 6.07) is 7.90. The van der Waals surface area contributed by atoms with Crippen molar-refractivity contribution in [3.8, 4) is 17.2 Å². The summed E-state index contributed by atoms with van der Waals surface area (Å²) in [7, 11) is 4.46. The largest absolute Gasteiger partial charge is 0.493 e. The number of ether oxygens (including phenoxy) is 3. The normalized spacial score (nSPS) is 10.1. The molecule has 0 atom stereocenters. The van der Waals surface area contributed by atoms with E-state index in [4.69, 9.17) is 37.4 Å². The van der Waals surface area contributed by atoms with E-state index in [9.17, 15) is 4.79 Å². The molecule has 5 nitrogen and oxygen atoms in total. The molecule has 0 bridgehead atoms. The molecule has 7 heteroatoms. The van der Waals surface area contributed by atoms with E-state index in [0.717, 1.165) is 0 Å². The number of rotatable bonds is 5. The molecule has 0 aliphatic rings. The van der Waals surface area contributed by atoms with Crippen LogP contribution in [0.2, 0.25) is 10.0 Å². The minimum Gasteiger partial charge on any atom is -0.493 e. The molecule has 1 amide bonds. The smallest absolute Gasteiger partial charge is 0.255 e. The Kier molecular flexibility index (Phi) is 5.58. The van der Waals surface area contributed by atoms with Gasteiger partial charge in [0.1, 0.15) is 0 Å². The van der Waals surface area contributed by atoms with Gasteiger partial charge in [-0.3, -0.25) is 4.79 Å². The maximum absolute atomic E-state index is 12.4. The third-order valence-electron chi connectivity index (χ3n) is 3.05. The third kappa shape index (κ3) is 4.00. The first-order valence-electron chi connectivity index (χ1n) is 6.56. The highest BCUT2D eigenvalue weighted by atomic mass is 35.5. The van der Waals surface area contributed by atoms with Gasteiger partial charge in [-0.2, -0.15) is 0 Å². The van der Waals surface area contributed by atoms with E-state index < -0.39 is 0 Å². The van der Waals surface area contributed by atoms with Crippen molar-refractivity contribution in [2.75, 3.05) is 26.6 Å². The number of anilines is 1. The maximum atomic E-state index is 12.4. The average molecular weight is 356 g/mol. The monoisotopic (exact) mass is 355 g/mol. The van der Waals surface area contributed by atoms with Gasteiger partial charge in [0.2, 0.25) is 5.75 Å². The van der Waals surface area contributed by atoms with E-state index >= 15 is 0 Å². The van der Waals surface area contributed by atoms with Gasteiger partial charge in [-0.1, -0.05) is 23.2 Å². The molecule has 0 heterocycles. The Balaban J connectivity index is 2.35. The third-order valence-corrected chi connectivity index (χ3v) is 3.48. The second kappa shape index (κ2) is 7.44. The van der Waals surface area contributed by atoms with Gasteiger partial charge in [-0.05, 0) is 30.3 Å². The molecule has 2 rings (SSSR count). The predicted molar refractivity (Wildman–Crippen MR) is 90.5 cm³/mol. The highest BCUT2D eigenvalue weighted by Crippen LogP contribution is 2.38. The summed E-state index contributed by atoms with van der Waals surface area (Å²) in [4.78, 5) is 12.4. The number of halogens is 2. The number of methoxy groups -OCH3 is 3. The van der Waals surface area contributed by atoms with Gasteiger partial charge in [0, 0.05) is 21.3 Å². The van der Waals surface area contributed by atoms with Crippen molar-refractivity contribution in [2.24, 2.45) is 0 Å². The van der Waals surface area contributed by atoms with Crippen molar-refractivity contribution in [1.82, 2.24) is 0 Å². The minimum atomic E-state index is -0.359. The highest BCUT2D eigenvalue weighted by Gasteiger charge is 2.17. The van der Waals surface area contributed by atoms with E-state index in [1.54, 1.807) is 30.3 Å². The average Bonchev–Trinajstić information content (AvgIpc) is 2.52. The first-order chi connectivity index (χ1) is 11.0. The molecule has 0 saturated carbocycles. The number of nitrogens with one attached hydrogen (secondary N) is 1. The van der Waals surface area contributed by atoms with Crippen LogP contribution < -0.4 is 19.5 Å². The Morgan fingerprint density at radius 2 is 1.39 bits per heavy atom. The molecule has 0 aliphatic heterocycles.